The van der Waals surface area contributed by atoms with E-state index in [0.717, 1.165) is 4.86 Å². The summed E-state index contributed by atoms with van der Waals surface area (Å²) in [5.74, 6) is 0. The molecule has 0 nitrogen and oxygen atoms in total. The smallest absolute Gasteiger partial charge is 0.0809 e. The van der Waals surface area contributed by atoms with Gasteiger partial charge in [0.25, 0.3) is 0 Å². The molecule has 0 aromatic heterocycles. The second-order valence-corrected chi connectivity index (χ2v) is 2.89. The normalized spacial score (nSPS) is 11.3. The van der Waals surface area contributed by atoms with E-state index in [1.165, 1.54) is 0 Å². The topological polar surface area (TPSA) is 0 Å². The van der Waals surface area contributed by atoms with Gasteiger partial charge in [-0.1, -0.05) is 26.1 Å². The summed E-state index contributed by atoms with van der Waals surface area (Å²) < 4.78 is 0. The Balaban J connectivity index is 3.79. The minimum Gasteiger partial charge on any atom is -0.0902 e. The fraction of sp³-hybridized carbons (Fsp3) is 0.800. The summed E-state index contributed by atoms with van der Waals surface area (Å²) in [7, 11) is 5.54. The molecule has 2 heteroatoms. The van der Waals surface area contributed by atoms with Crippen LogP contribution in [0.2, 0.25) is 5.31 Å². The van der Waals surface area contributed by atoms with Crippen molar-refractivity contribution in [2.75, 3.05) is 0 Å². The molecule has 0 aliphatic carbocycles. The molecule has 0 aliphatic rings. The van der Waals surface area contributed by atoms with E-state index in [1.807, 2.05) is 20.8 Å². The van der Waals surface area contributed by atoms with Gasteiger partial charge in [-0.25, -0.2) is 0 Å². The Morgan fingerprint density at radius 3 is 1.71 bits per heavy atom. The molecule has 0 aliphatic heterocycles. The Morgan fingerprint density at radius 2 is 1.71 bits per heavy atom. The first-order valence-corrected chi connectivity index (χ1v) is 2.65. The van der Waals surface area contributed by atoms with Gasteiger partial charge < -0.3 is 0 Å². The van der Waals surface area contributed by atoms with Crippen LogP contribution in [-0.4, -0.2) is 12.7 Å². The van der Waals surface area contributed by atoms with Gasteiger partial charge in [-0.2, -0.15) is 0 Å². The average Bonchev–Trinajstić information content (AvgIpc) is 1.31. The van der Waals surface area contributed by atoms with Gasteiger partial charge in [-0.05, 0) is 17.1 Å². The highest BCUT2D eigenvalue weighted by Gasteiger charge is 2.10. The van der Waals surface area contributed by atoms with E-state index >= 15 is 0 Å². The van der Waals surface area contributed by atoms with Crippen molar-refractivity contribution in [3.05, 3.63) is 0 Å². The SMILES string of the molecule is [B]C(C)(C)C(C)=S. The summed E-state index contributed by atoms with van der Waals surface area (Å²) in [5.41, 5.74) is 0. The van der Waals surface area contributed by atoms with Crippen LogP contribution in [0.25, 0.3) is 0 Å². The zero-order chi connectivity index (χ0) is 6.08. The lowest BCUT2D eigenvalue weighted by molar-refractivity contribution is 0.925. The van der Waals surface area contributed by atoms with Gasteiger partial charge in [0, 0.05) is 0 Å². The summed E-state index contributed by atoms with van der Waals surface area (Å²) in [6.45, 7) is 5.65. The maximum Gasteiger partial charge on any atom is 0.0809 e. The summed E-state index contributed by atoms with van der Waals surface area (Å²) in [4.78, 5) is 0.854. The predicted molar refractivity (Wildman–Crippen MR) is 38.1 cm³/mol. The molecule has 0 amide bonds. The first-order valence-electron chi connectivity index (χ1n) is 2.24. The summed E-state index contributed by atoms with van der Waals surface area (Å²) in [5, 5.41) is -0.269. The molecule has 0 aromatic rings. The zero-order valence-corrected chi connectivity index (χ0v) is 5.80. The quantitative estimate of drug-likeness (QED) is 0.367. The molecular weight excluding hydrogens is 103 g/mol. The second kappa shape index (κ2) is 1.95. The van der Waals surface area contributed by atoms with Crippen LogP contribution in [0, 0.1) is 0 Å². The fourth-order valence-electron chi connectivity index (χ4n) is 0. The molecule has 7 heavy (non-hydrogen) atoms. The van der Waals surface area contributed by atoms with Gasteiger partial charge in [0.2, 0.25) is 0 Å². The molecule has 0 bridgehead atoms. The van der Waals surface area contributed by atoms with Crippen molar-refractivity contribution in [2.24, 2.45) is 0 Å². The summed E-state index contributed by atoms with van der Waals surface area (Å²) >= 11 is 4.81. The molecular formula is C5H9BS. The molecule has 38 valence electrons. The predicted octanol–water partition coefficient (Wildman–Crippen LogP) is 1.74. The molecule has 0 spiro atoms. The summed E-state index contributed by atoms with van der Waals surface area (Å²) in [6.07, 6.45) is 0. The third-order valence-electron chi connectivity index (χ3n) is 0.907. The molecule has 0 N–H and O–H groups in total. The van der Waals surface area contributed by atoms with Gasteiger partial charge >= 0.3 is 0 Å². The van der Waals surface area contributed by atoms with Crippen LogP contribution in [0.15, 0.2) is 0 Å². The molecule has 0 fully saturated rings. The molecule has 0 heterocycles. The highest BCUT2D eigenvalue weighted by molar-refractivity contribution is 7.80. The van der Waals surface area contributed by atoms with Gasteiger partial charge in [0.05, 0.1) is 7.85 Å². The van der Waals surface area contributed by atoms with Gasteiger partial charge in [0.15, 0.2) is 0 Å². The van der Waals surface area contributed by atoms with Crippen molar-refractivity contribution in [1.82, 2.24) is 0 Å². The van der Waals surface area contributed by atoms with Crippen LogP contribution in [0.4, 0.5) is 0 Å². The third-order valence-corrected chi connectivity index (χ3v) is 1.43. The Kier molecular flexibility index (Phi) is 1.99. The van der Waals surface area contributed by atoms with Crippen molar-refractivity contribution in [3.63, 3.8) is 0 Å². The van der Waals surface area contributed by atoms with Crippen molar-refractivity contribution < 1.29 is 0 Å². The van der Waals surface area contributed by atoms with E-state index < -0.39 is 0 Å². The van der Waals surface area contributed by atoms with Crippen LogP contribution in [0.1, 0.15) is 20.8 Å². The first-order chi connectivity index (χ1) is 2.94. The minimum atomic E-state index is -0.269. The van der Waals surface area contributed by atoms with Crippen LogP contribution in [-0.2, 0) is 0 Å². The second-order valence-electron chi connectivity index (χ2n) is 2.28. The average molecular weight is 112 g/mol. The van der Waals surface area contributed by atoms with Gasteiger partial charge in [-0.15, -0.1) is 0 Å². The lowest BCUT2D eigenvalue weighted by atomic mass is 9.70. The van der Waals surface area contributed by atoms with Gasteiger partial charge in [-0.3, -0.25) is 0 Å². The molecule has 0 saturated heterocycles. The molecule has 0 saturated carbocycles. The molecule has 0 atom stereocenters. The van der Waals surface area contributed by atoms with Gasteiger partial charge in [0.1, 0.15) is 0 Å². The van der Waals surface area contributed by atoms with E-state index in [9.17, 15) is 0 Å². The highest BCUT2D eigenvalue weighted by Crippen LogP contribution is 2.19. The van der Waals surface area contributed by atoms with E-state index in [4.69, 9.17) is 20.1 Å². The first kappa shape index (κ1) is 7.15. The zero-order valence-electron chi connectivity index (χ0n) is 4.99. The van der Waals surface area contributed by atoms with Crippen molar-refractivity contribution in [2.45, 2.75) is 26.1 Å². The number of thiocarbonyl (C=S) groups is 1. The van der Waals surface area contributed by atoms with Crippen molar-refractivity contribution in [3.8, 4) is 0 Å². The lowest BCUT2D eigenvalue weighted by Gasteiger charge is -2.15. The molecule has 0 rings (SSSR count). The van der Waals surface area contributed by atoms with Crippen LogP contribution in [0.3, 0.4) is 0 Å². The Labute approximate surface area is 51.7 Å². The standard InChI is InChI=1S/C5H9BS/c1-4(7)5(2,3)6/h1-3H3. The fourth-order valence-corrected chi connectivity index (χ4v) is 0. The Hall–Kier alpha value is 0.155. The summed E-state index contributed by atoms with van der Waals surface area (Å²) in [6, 6.07) is 0. The van der Waals surface area contributed by atoms with Crippen LogP contribution >= 0.6 is 12.2 Å². The monoisotopic (exact) mass is 112 g/mol. The Morgan fingerprint density at radius 1 is 1.57 bits per heavy atom. The molecule has 0 unspecified atom stereocenters. The Bertz CT molecular complexity index is 80.6. The molecule has 2 radical (unpaired) electrons. The lowest BCUT2D eigenvalue weighted by Crippen LogP contribution is -2.10. The number of hydrogen-bond acceptors (Lipinski definition) is 1. The minimum absolute atomic E-state index is 0.269. The highest BCUT2D eigenvalue weighted by atomic mass is 32.1. The molecule has 0 aromatic carbocycles. The van der Waals surface area contributed by atoms with Crippen LogP contribution < -0.4 is 0 Å². The van der Waals surface area contributed by atoms with Crippen molar-refractivity contribution >= 4 is 24.9 Å². The van der Waals surface area contributed by atoms with Crippen LogP contribution in [0.5, 0.6) is 0 Å². The maximum absolute atomic E-state index is 5.54. The third kappa shape index (κ3) is 2.80. The van der Waals surface area contributed by atoms with E-state index in [0.29, 0.717) is 0 Å². The van der Waals surface area contributed by atoms with E-state index in [-0.39, 0.29) is 5.31 Å². The van der Waals surface area contributed by atoms with E-state index in [1.54, 1.807) is 0 Å². The van der Waals surface area contributed by atoms with E-state index in [2.05, 4.69) is 0 Å². The number of hydrogen-bond donors (Lipinski definition) is 0. The maximum atomic E-state index is 5.54. The largest absolute Gasteiger partial charge is 0.0902 e. The number of rotatable bonds is 1. The van der Waals surface area contributed by atoms with Crippen molar-refractivity contribution in [1.29, 1.82) is 0 Å².